The lowest BCUT2D eigenvalue weighted by Crippen LogP contribution is -2.18. The van der Waals surface area contributed by atoms with Crippen LogP contribution in [0.25, 0.3) is 0 Å². The average molecular weight is 544 g/mol. The van der Waals surface area contributed by atoms with Gasteiger partial charge in [-0.05, 0) is 36.4 Å². The van der Waals surface area contributed by atoms with Gasteiger partial charge in [0, 0.05) is 17.3 Å². The van der Waals surface area contributed by atoms with Crippen molar-refractivity contribution >= 4 is 58.2 Å². The molecule has 0 bridgehead atoms. The smallest absolute Gasteiger partial charge is 0.326 e. The third kappa shape index (κ3) is 7.48. The van der Waals surface area contributed by atoms with Crippen LogP contribution in [0, 0.1) is 0 Å². The molecule has 2 amide bonds. The summed E-state index contributed by atoms with van der Waals surface area (Å²) in [4.78, 5) is 24.8. The first-order valence-electron chi connectivity index (χ1n) is 9.94. The molecule has 13 heteroatoms. The van der Waals surface area contributed by atoms with Crippen molar-refractivity contribution in [2.75, 3.05) is 16.4 Å². The summed E-state index contributed by atoms with van der Waals surface area (Å²) in [7, 11) is 0. The first kappa shape index (κ1) is 26.6. The van der Waals surface area contributed by atoms with Gasteiger partial charge >= 0.3 is 6.18 Å². The van der Waals surface area contributed by atoms with E-state index in [2.05, 4.69) is 27.4 Å². The van der Waals surface area contributed by atoms with E-state index in [1.807, 2.05) is 0 Å². The SMILES string of the molecule is C=CCn1c(CC(=O)Nc2cccc(C(F)(F)F)c2)nnc1SCC(=O)Nc1ccc(Cl)cc1Cl. The maximum Gasteiger partial charge on any atom is 0.416 e. The van der Waals surface area contributed by atoms with Crippen LogP contribution in [-0.4, -0.2) is 32.3 Å². The number of carbonyl (C=O) groups is 2. The first-order valence-corrected chi connectivity index (χ1v) is 11.7. The van der Waals surface area contributed by atoms with Crippen molar-refractivity contribution < 1.29 is 22.8 Å². The van der Waals surface area contributed by atoms with Crippen molar-refractivity contribution in [1.82, 2.24) is 14.8 Å². The molecule has 0 radical (unpaired) electrons. The van der Waals surface area contributed by atoms with E-state index < -0.39 is 17.6 Å². The average Bonchev–Trinajstić information content (AvgIpc) is 3.15. The summed E-state index contributed by atoms with van der Waals surface area (Å²) in [6.45, 7) is 3.92. The van der Waals surface area contributed by atoms with Crippen molar-refractivity contribution in [3.63, 3.8) is 0 Å². The number of rotatable bonds is 9. The monoisotopic (exact) mass is 543 g/mol. The second-order valence-electron chi connectivity index (χ2n) is 7.06. The van der Waals surface area contributed by atoms with Crippen LogP contribution in [0.1, 0.15) is 11.4 Å². The minimum Gasteiger partial charge on any atom is -0.326 e. The molecule has 0 saturated carbocycles. The molecule has 184 valence electrons. The van der Waals surface area contributed by atoms with E-state index in [0.29, 0.717) is 20.9 Å². The quantitative estimate of drug-likeness (QED) is 0.267. The summed E-state index contributed by atoms with van der Waals surface area (Å²) in [6, 6.07) is 8.99. The van der Waals surface area contributed by atoms with Crippen LogP contribution in [0.4, 0.5) is 24.5 Å². The molecule has 0 aliphatic heterocycles. The van der Waals surface area contributed by atoms with Gasteiger partial charge in [0.15, 0.2) is 5.16 Å². The van der Waals surface area contributed by atoms with Crippen molar-refractivity contribution in [3.05, 3.63) is 76.6 Å². The predicted octanol–water partition coefficient (Wildman–Crippen LogP) is 5.70. The number of hydrogen-bond acceptors (Lipinski definition) is 5. The molecule has 1 aromatic heterocycles. The van der Waals surface area contributed by atoms with Gasteiger partial charge < -0.3 is 15.2 Å². The standard InChI is InChI=1S/C22H18Cl2F3N5O2S/c1-2-8-32-18(11-19(33)28-15-5-3-4-13(9-15)22(25,26)27)30-31-21(32)35-12-20(34)29-17-7-6-14(23)10-16(17)24/h2-7,9-10H,1,8,11-12H2,(H,28,33)(H,29,34). The molecule has 3 aromatic rings. The van der Waals surface area contributed by atoms with E-state index in [9.17, 15) is 22.8 Å². The molecular weight excluding hydrogens is 526 g/mol. The molecule has 2 N–H and O–H groups in total. The number of nitrogens with zero attached hydrogens (tertiary/aromatic N) is 3. The number of allylic oxidation sites excluding steroid dienone is 1. The molecule has 2 aromatic carbocycles. The Labute approximate surface area is 212 Å². The predicted molar refractivity (Wildman–Crippen MR) is 130 cm³/mol. The normalized spacial score (nSPS) is 11.2. The summed E-state index contributed by atoms with van der Waals surface area (Å²) in [5, 5.41) is 14.2. The highest BCUT2D eigenvalue weighted by atomic mass is 35.5. The van der Waals surface area contributed by atoms with Gasteiger partial charge in [-0.1, -0.05) is 47.1 Å². The highest BCUT2D eigenvalue weighted by Gasteiger charge is 2.30. The van der Waals surface area contributed by atoms with Gasteiger partial charge in [0.05, 0.1) is 28.4 Å². The number of anilines is 2. The lowest BCUT2D eigenvalue weighted by Gasteiger charge is -2.11. The van der Waals surface area contributed by atoms with Gasteiger partial charge in [-0.15, -0.1) is 16.8 Å². The number of thioether (sulfide) groups is 1. The maximum absolute atomic E-state index is 12.9. The molecular formula is C22H18Cl2F3N5O2S. The number of benzene rings is 2. The molecule has 0 aliphatic rings. The van der Waals surface area contributed by atoms with E-state index in [-0.39, 0.29) is 36.1 Å². The molecule has 0 aliphatic carbocycles. The van der Waals surface area contributed by atoms with Crippen molar-refractivity contribution in [1.29, 1.82) is 0 Å². The summed E-state index contributed by atoms with van der Waals surface area (Å²) in [6.07, 6.45) is -3.21. The Balaban J connectivity index is 1.64. The Bertz CT molecular complexity index is 1250. The maximum atomic E-state index is 12.9. The second kappa shape index (κ2) is 11.6. The van der Waals surface area contributed by atoms with Gasteiger partial charge in [-0.25, -0.2) is 0 Å². The Morgan fingerprint density at radius 1 is 1.09 bits per heavy atom. The van der Waals surface area contributed by atoms with E-state index >= 15 is 0 Å². The fourth-order valence-corrected chi connectivity index (χ4v) is 4.12. The Morgan fingerprint density at radius 3 is 2.54 bits per heavy atom. The number of halogens is 5. The van der Waals surface area contributed by atoms with Crippen LogP contribution in [0.5, 0.6) is 0 Å². The molecule has 0 unspecified atom stereocenters. The molecule has 0 spiro atoms. The van der Waals surface area contributed by atoms with Crippen LogP contribution in [-0.2, 0) is 28.7 Å². The van der Waals surface area contributed by atoms with Gasteiger partial charge in [0.25, 0.3) is 0 Å². The molecule has 7 nitrogen and oxygen atoms in total. The highest BCUT2D eigenvalue weighted by molar-refractivity contribution is 7.99. The minimum atomic E-state index is -4.53. The first-order chi connectivity index (χ1) is 16.6. The van der Waals surface area contributed by atoms with E-state index in [1.54, 1.807) is 22.8 Å². The highest BCUT2D eigenvalue weighted by Crippen LogP contribution is 2.31. The number of hydrogen-bond donors (Lipinski definition) is 2. The zero-order valence-electron chi connectivity index (χ0n) is 17.9. The lowest BCUT2D eigenvalue weighted by atomic mass is 10.2. The number of nitrogens with one attached hydrogen (secondary N) is 2. The van der Waals surface area contributed by atoms with E-state index in [0.717, 1.165) is 23.9 Å². The van der Waals surface area contributed by atoms with Crippen LogP contribution in [0.3, 0.4) is 0 Å². The van der Waals surface area contributed by atoms with Gasteiger partial charge in [0.1, 0.15) is 5.82 Å². The number of carbonyl (C=O) groups excluding carboxylic acids is 2. The Hall–Kier alpha value is -3.02. The number of alkyl halides is 3. The third-order valence-electron chi connectivity index (χ3n) is 4.44. The van der Waals surface area contributed by atoms with Crippen LogP contribution < -0.4 is 10.6 Å². The van der Waals surface area contributed by atoms with Gasteiger partial charge in [-0.3, -0.25) is 9.59 Å². The van der Waals surface area contributed by atoms with Crippen LogP contribution in [0.2, 0.25) is 10.0 Å². The Kier molecular flexibility index (Phi) is 8.82. The van der Waals surface area contributed by atoms with E-state index in [4.69, 9.17) is 23.2 Å². The summed E-state index contributed by atoms with van der Waals surface area (Å²) in [5.74, 6) is -0.687. The molecule has 3 rings (SSSR count). The fourth-order valence-electron chi connectivity index (χ4n) is 2.90. The molecule has 35 heavy (non-hydrogen) atoms. The Morgan fingerprint density at radius 2 is 1.86 bits per heavy atom. The zero-order valence-corrected chi connectivity index (χ0v) is 20.2. The molecule has 0 atom stereocenters. The summed E-state index contributed by atoms with van der Waals surface area (Å²) in [5.41, 5.74) is -0.463. The number of amides is 2. The van der Waals surface area contributed by atoms with Gasteiger partial charge in [0.2, 0.25) is 11.8 Å². The third-order valence-corrected chi connectivity index (χ3v) is 5.95. The van der Waals surface area contributed by atoms with Crippen molar-refractivity contribution in [2.45, 2.75) is 24.3 Å². The van der Waals surface area contributed by atoms with Gasteiger partial charge in [-0.2, -0.15) is 13.2 Å². The summed E-state index contributed by atoms with van der Waals surface area (Å²) < 4.78 is 40.3. The van der Waals surface area contributed by atoms with Crippen molar-refractivity contribution in [3.8, 4) is 0 Å². The summed E-state index contributed by atoms with van der Waals surface area (Å²) >= 11 is 13.0. The number of aromatic nitrogens is 3. The minimum absolute atomic E-state index is 0.00624. The largest absolute Gasteiger partial charge is 0.416 e. The zero-order chi connectivity index (χ0) is 25.6. The molecule has 0 fully saturated rings. The molecule has 1 heterocycles. The topological polar surface area (TPSA) is 88.9 Å². The van der Waals surface area contributed by atoms with Crippen molar-refractivity contribution in [2.24, 2.45) is 0 Å². The van der Waals surface area contributed by atoms with Crippen LogP contribution in [0.15, 0.2) is 60.3 Å². The second-order valence-corrected chi connectivity index (χ2v) is 8.85. The fraction of sp³-hybridized carbons (Fsp3) is 0.182. The van der Waals surface area contributed by atoms with E-state index in [1.165, 1.54) is 18.2 Å². The van der Waals surface area contributed by atoms with Crippen LogP contribution >= 0.6 is 35.0 Å². The lowest BCUT2D eigenvalue weighted by molar-refractivity contribution is -0.137. The molecule has 0 saturated heterocycles.